The van der Waals surface area contributed by atoms with Crippen LogP contribution >= 0.6 is 0 Å². The molecule has 1 amide bonds. The molecule has 0 bridgehead atoms. The first-order valence-corrected chi connectivity index (χ1v) is 9.95. The quantitative estimate of drug-likeness (QED) is 0.614. The Morgan fingerprint density at radius 1 is 1.25 bits per heavy atom. The molecule has 2 heterocycles. The van der Waals surface area contributed by atoms with E-state index < -0.39 is 29.1 Å². The van der Waals surface area contributed by atoms with Crippen LogP contribution < -0.4 is 10.1 Å². The minimum absolute atomic E-state index is 0.156. The number of carbonyl (C=O) groups excluding carboxylic acids is 1. The van der Waals surface area contributed by atoms with Crippen molar-refractivity contribution in [1.29, 1.82) is 0 Å². The minimum Gasteiger partial charge on any atom is -0.494 e. The van der Waals surface area contributed by atoms with Gasteiger partial charge in [-0.15, -0.1) is 0 Å². The fourth-order valence-corrected chi connectivity index (χ4v) is 3.70. The Labute approximate surface area is 181 Å². The third-order valence-corrected chi connectivity index (χ3v) is 5.74. The van der Waals surface area contributed by atoms with Crippen LogP contribution in [-0.4, -0.2) is 43.5 Å². The van der Waals surface area contributed by atoms with Gasteiger partial charge in [0.2, 0.25) is 0 Å². The van der Waals surface area contributed by atoms with E-state index in [9.17, 15) is 23.1 Å². The van der Waals surface area contributed by atoms with Crippen LogP contribution in [0.25, 0.3) is 10.9 Å². The predicted octanol–water partition coefficient (Wildman–Crippen LogP) is 3.83. The Hall–Kier alpha value is -3.21. The van der Waals surface area contributed by atoms with Crippen molar-refractivity contribution in [2.75, 3.05) is 12.4 Å². The second-order valence-corrected chi connectivity index (χ2v) is 8.44. The number of anilines is 1. The summed E-state index contributed by atoms with van der Waals surface area (Å²) in [7, 11) is 1.41. The van der Waals surface area contributed by atoms with Gasteiger partial charge in [0.05, 0.1) is 42.4 Å². The first kappa shape index (κ1) is 22.0. The lowest BCUT2D eigenvalue weighted by Crippen LogP contribution is -2.41. The van der Waals surface area contributed by atoms with E-state index in [1.165, 1.54) is 7.11 Å². The van der Waals surface area contributed by atoms with E-state index in [0.29, 0.717) is 17.5 Å². The van der Waals surface area contributed by atoms with Crippen molar-refractivity contribution in [3.8, 4) is 5.75 Å². The molecule has 2 N–H and O–H groups in total. The number of hydrogen-bond donors (Lipinski definition) is 2. The number of aromatic nitrogens is 4. The molecule has 1 fully saturated rings. The van der Waals surface area contributed by atoms with Crippen molar-refractivity contribution >= 4 is 22.5 Å². The van der Waals surface area contributed by atoms with Gasteiger partial charge in [-0.1, -0.05) is 0 Å². The van der Waals surface area contributed by atoms with E-state index in [0.717, 1.165) is 24.4 Å². The Bertz CT molecular complexity index is 1160. The molecule has 0 saturated heterocycles. The molecule has 170 valence electrons. The Balaban J connectivity index is 1.57. The largest absolute Gasteiger partial charge is 0.494 e. The van der Waals surface area contributed by atoms with Crippen LogP contribution in [0, 0.1) is 5.92 Å². The SMILES string of the molecule is COc1cc2nn(C3CC(C(C)(C)O)C3)cc2cc1NC(=O)c1cncc(C(F)(F)F)n1. The van der Waals surface area contributed by atoms with E-state index in [2.05, 4.69) is 20.4 Å². The number of nitrogens with zero attached hydrogens (tertiary/aromatic N) is 4. The van der Waals surface area contributed by atoms with Crippen molar-refractivity contribution in [2.45, 2.75) is 44.5 Å². The molecule has 3 aromatic rings. The van der Waals surface area contributed by atoms with Crippen molar-refractivity contribution in [3.63, 3.8) is 0 Å². The van der Waals surface area contributed by atoms with Crippen LogP contribution in [0.2, 0.25) is 0 Å². The average Bonchev–Trinajstić information content (AvgIpc) is 3.06. The number of halogens is 3. The summed E-state index contributed by atoms with van der Waals surface area (Å²) in [5.41, 5.74) is -1.54. The number of fused-ring (bicyclic) bond motifs is 1. The highest BCUT2D eigenvalue weighted by molar-refractivity contribution is 6.04. The van der Waals surface area contributed by atoms with Gasteiger partial charge in [-0.05, 0) is 38.7 Å². The van der Waals surface area contributed by atoms with Crippen LogP contribution in [0.15, 0.2) is 30.7 Å². The highest BCUT2D eigenvalue weighted by Crippen LogP contribution is 2.44. The second kappa shape index (κ2) is 7.73. The maximum Gasteiger partial charge on any atom is 0.434 e. The molecule has 0 unspecified atom stereocenters. The van der Waals surface area contributed by atoms with Gasteiger partial charge in [0, 0.05) is 17.6 Å². The minimum atomic E-state index is -4.71. The van der Waals surface area contributed by atoms with Gasteiger partial charge in [-0.2, -0.15) is 18.3 Å². The summed E-state index contributed by atoms with van der Waals surface area (Å²) in [6, 6.07) is 3.44. The van der Waals surface area contributed by atoms with Crippen LogP contribution in [0.5, 0.6) is 5.75 Å². The van der Waals surface area contributed by atoms with Crippen LogP contribution in [0.4, 0.5) is 18.9 Å². The van der Waals surface area contributed by atoms with E-state index in [4.69, 9.17) is 4.74 Å². The number of hydrogen-bond acceptors (Lipinski definition) is 6. The first-order valence-electron chi connectivity index (χ1n) is 9.95. The van der Waals surface area contributed by atoms with Crippen LogP contribution in [0.3, 0.4) is 0 Å². The topological polar surface area (TPSA) is 102 Å². The molecule has 8 nitrogen and oxygen atoms in total. The molecule has 1 aliphatic carbocycles. The van der Waals surface area contributed by atoms with E-state index in [1.54, 1.807) is 26.0 Å². The number of amides is 1. The summed E-state index contributed by atoms with van der Waals surface area (Å²) in [6.45, 7) is 3.59. The number of ether oxygens (including phenoxy) is 1. The monoisotopic (exact) mass is 449 g/mol. The number of aliphatic hydroxyl groups is 1. The molecule has 1 saturated carbocycles. The van der Waals surface area contributed by atoms with Gasteiger partial charge in [-0.3, -0.25) is 14.5 Å². The van der Waals surface area contributed by atoms with Crippen LogP contribution in [-0.2, 0) is 6.18 Å². The van der Waals surface area contributed by atoms with Crippen molar-refractivity contribution in [1.82, 2.24) is 19.7 Å². The number of methoxy groups -OCH3 is 1. The molecule has 0 radical (unpaired) electrons. The average molecular weight is 449 g/mol. The van der Waals surface area contributed by atoms with E-state index >= 15 is 0 Å². The van der Waals surface area contributed by atoms with Crippen LogP contribution in [0.1, 0.15) is 48.9 Å². The molecule has 0 atom stereocenters. The standard InChI is InChI=1S/C21H22F3N5O3/c1-20(2,31)12-5-13(6-12)29-10-11-4-15(17(32-3)7-14(11)28-29)27-19(30)16-8-25-9-18(26-16)21(22,23)24/h4,7-10,12-13,31H,5-6H2,1-3H3,(H,27,30). The molecule has 0 aliphatic heterocycles. The number of carbonyl (C=O) groups is 1. The summed E-state index contributed by atoms with van der Waals surface area (Å²) in [6.07, 6.45) is 0.239. The zero-order chi connectivity index (χ0) is 23.3. The fraction of sp³-hybridized carbons (Fsp3) is 0.429. The summed E-state index contributed by atoms with van der Waals surface area (Å²) >= 11 is 0. The zero-order valence-corrected chi connectivity index (χ0v) is 17.6. The van der Waals surface area contributed by atoms with Gasteiger partial charge in [-0.25, -0.2) is 4.98 Å². The third kappa shape index (κ3) is 4.24. The lowest BCUT2D eigenvalue weighted by Gasteiger charge is -2.42. The first-order chi connectivity index (χ1) is 15.0. The maximum atomic E-state index is 12.9. The molecule has 1 aliphatic rings. The summed E-state index contributed by atoms with van der Waals surface area (Å²) in [5.74, 6) is -0.350. The Morgan fingerprint density at radius 3 is 2.59 bits per heavy atom. The normalized spacial score (nSPS) is 19.0. The lowest BCUT2D eigenvalue weighted by atomic mass is 9.71. The molecule has 1 aromatic carbocycles. The lowest BCUT2D eigenvalue weighted by molar-refractivity contribution is -0.141. The number of nitrogens with one attached hydrogen (secondary N) is 1. The maximum absolute atomic E-state index is 12.9. The van der Waals surface area contributed by atoms with Gasteiger partial charge in [0.25, 0.3) is 5.91 Å². The smallest absolute Gasteiger partial charge is 0.434 e. The summed E-state index contributed by atoms with van der Waals surface area (Å²) in [5, 5.41) is 18.0. The van der Waals surface area contributed by atoms with Gasteiger partial charge >= 0.3 is 6.18 Å². The third-order valence-electron chi connectivity index (χ3n) is 5.74. The van der Waals surface area contributed by atoms with Gasteiger partial charge in [0.1, 0.15) is 11.4 Å². The predicted molar refractivity (Wildman–Crippen MR) is 109 cm³/mol. The number of rotatable bonds is 5. The highest BCUT2D eigenvalue weighted by atomic mass is 19.4. The molecular weight excluding hydrogens is 427 g/mol. The summed E-state index contributed by atoms with van der Waals surface area (Å²) < 4.78 is 45.8. The molecule has 4 rings (SSSR count). The second-order valence-electron chi connectivity index (χ2n) is 8.44. The molecule has 0 spiro atoms. The highest BCUT2D eigenvalue weighted by Gasteiger charge is 2.40. The van der Waals surface area contributed by atoms with Crippen molar-refractivity contribution in [2.24, 2.45) is 5.92 Å². The molecule has 2 aromatic heterocycles. The Morgan fingerprint density at radius 2 is 1.97 bits per heavy atom. The van der Waals surface area contributed by atoms with E-state index in [1.807, 2.05) is 10.9 Å². The van der Waals surface area contributed by atoms with Crippen molar-refractivity contribution in [3.05, 3.63) is 42.1 Å². The fourth-order valence-electron chi connectivity index (χ4n) is 3.70. The van der Waals surface area contributed by atoms with Crippen molar-refractivity contribution < 1.29 is 27.8 Å². The molecular formula is C21H22F3N5O3. The summed E-state index contributed by atoms with van der Waals surface area (Å²) in [4.78, 5) is 19.3. The van der Waals surface area contributed by atoms with E-state index in [-0.39, 0.29) is 17.6 Å². The zero-order valence-electron chi connectivity index (χ0n) is 17.6. The number of alkyl halides is 3. The number of benzene rings is 1. The molecule has 32 heavy (non-hydrogen) atoms. The van der Waals surface area contributed by atoms with Gasteiger partial charge in [0.15, 0.2) is 5.69 Å². The molecule has 11 heteroatoms. The van der Waals surface area contributed by atoms with Gasteiger partial charge < -0.3 is 15.2 Å². The Kier molecular flexibility index (Phi) is 5.32.